The van der Waals surface area contributed by atoms with Crippen LogP contribution in [0.15, 0.2) is 65.3 Å². The SMILES string of the molecule is COc1cccc(/C=C2/N=C(SCCC(=O)O)N(c3ccccc3)C2=O)c1. The Balaban J connectivity index is 1.92. The van der Waals surface area contributed by atoms with E-state index in [4.69, 9.17) is 9.84 Å². The van der Waals surface area contributed by atoms with E-state index in [0.29, 0.717) is 28.1 Å². The van der Waals surface area contributed by atoms with Gasteiger partial charge in [0.15, 0.2) is 5.17 Å². The summed E-state index contributed by atoms with van der Waals surface area (Å²) in [5.41, 5.74) is 1.79. The summed E-state index contributed by atoms with van der Waals surface area (Å²) in [6.07, 6.45) is 1.70. The van der Waals surface area contributed by atoms with Crippen LogP contribution in [0.2, 0.25) is 0 Å². The van der Waals surface area contributed by atoms with Gasteiger partial charge in [0, 0.05) is 5.75 Å². The second kappa shape index (κ2) is 8.55. The fraction of sp³-hybridized carbons (Fsp3) is 0.150. The Morgan fingerprint density at radius 1 is 1.22 bits per heavy atom. The molecule has 0 bridgehead atoms. The molecule has 0 saturated heterocycles. The lowest BCUT2D eigenvalue weighted by molar-refractivity contribution is -0.136. The van der Waals surface area contributed by atoms with Gasteiger partial charge in [-0.3, -0.25) is 14.5 Å². The van der Waals surface area contributed by atoms with E-state index in [2.05, 4.69) is 4.99 Å². The van der Waals surface area contributed by atoms with Crippen molar-refractivity contribution in [2.24, 2.45) is 4.99 Å². The Hall–Kier alpha value is -3.06. The molecular weight excluding hydrogens is 364 g/mol. The molecule has 138 valence electrons. The molecule has 7 heteroatoms. The van der Waals surface area contributed by atoms with E-state index in [0.717, 1.165) is 5.56 Å². The van der Waals surface area contributed by atoms with Crippen LogP contribution in [0.5, 0.6) is 5.75 Å². The molecule has 1 heterocycles. The summed E-state index contributed by atoms with van der Waals surface area (Å²) in [7, 11) is 1.58. The lowest BCUT2D eigenvalue weighted by atomic mass is 10.2. The van der Waals surface area contributed by atoms with Gasteiger partial charge in [-0.2, -0.15) is 0 Å². The third-order valence-corrected chi connectivity index (χ3v) is 4.73. The second-order valence-electron chi connectivity index (χ2n) is 5.67. The normalized spacial score (nSPS) is 15.1. The van der Waals surface area contributed by atoms with E-state index in [-0.39, 0.29) is 12.3 Å². The van der Waals surface area contributed by atoms with E-state index >= 15 is 0 Å². The zero-order chi connectivity index (χ0) is 19.2. The largest absolute Gasteiger partial charge is 0.497 e. The number of rotatable bonds is 6. The first-order valence-electron chi connectivity index (χ1n) is 8.27. The quantitative estimate of drug-likeness (QED) is 0.772. The monoisotopic (exact) mass is 382 g/mol. The number of amidine groups is 1. The molecule has 6 nitrogen and oxygen atoms in total. The summed E-state index contributed by atoms with van der Waals surface area (Å²) >= 11 is 1.25. The van der Waals surface area contributed by atoms with Crippen LogP contribution in [0, 0.1) is 0 Å². The number of hydrogen-bond acceptors (Lipinski definition) is 5. The predicted octanol–water partition coefficient (Wildman–Crippen LogP) is 3.65. The molecule has 0 saturated carbocycles. The number of nitrogens with zero attached hydrogens (tertiary/aromatic N) is 2. The number of carboxylic acid groups (broad SMARTS) is 1. The van der Waals surface area contributed by atoms with Crippen molar-refractivity contribution in [3.05, 3.63) is 65.9 Å². The molecule has 1 amide bonds. The summed E-state index contributed by atoms with van der Waals surface area (Å²) in [4.78, 5) is 29.7. The van der Waals surface area contributed by atoms with Crippen LogP contribution in [-0.4, -0.2) is 35.0 Å². The number of carboxylic acids is 1. The first-order valence-corrected chi connectivity index (χ1v) is 9.25. The molecule has 1 aliphatic heterocycles. The van der Waals surface area contributed by atoms with Crippen LogP contribution in [-0.2, 0) is 9.59 Å². The number of ether oxygens (including phenoxy) is 1. The minimum absolute atomic E-state index is 0.00453. The summed E-state index contributed by atoms with van der Waals surface area (Å²) in [6, 6.07) is 16.5. The third-order valence-electron chi connectivity index (χ3n) is 3.79. The summed E-state index contributed by atoms with van der Waals surface area (Å²) in [5.74, 6) is -0.112. The summed E-state index contributed by atoms with van der Waals surface area (Å²) in [6.45, 7) is 0. The van der Waals surface area contributed by atoms with Crippen LogP contribution >= 0.6 is 11.8 Å². The smallest absolute Gasteiger partial charge is 0.304 e. The fourth-order valence-electron chi connectivity index (χ4n) is 2.52. The maximum atomic E-state index is 13.0. The molecule has 27 heavy (non-hydrogen) atoms. The number of para-hydroxylation sites is 1. The molecule has 0 spiro atoms. The van der Waals surface area contributed by atoms with Crippen LogP contribution in [0.3, 0.4) is 0 Å². The number of thioether (sulfide) groups is 1. The van der Waals surface area contributed by atoms with Crippen molar-refractivity contribution in [2.45, 2.75) is 6.42 Å². The molecular formula is C20H18N2O4S. The zero-order valence-corrected chi connectivity index (χ0v) is 15.5. The highest BCUT2D eigenvalue weighted by atomic mass is 32.2. The number of aliphatic carboxylic acids is 1. The van der Waals surface area contributed by atoms with Crippen molar-refractivity contribution in [3.63, 3.8) is 0 Å². The van der Waals surface area contributed by atoms with Gasteiger partial charge in [0.05, 0.1) is 19.2 Å². The predicted molar refractivity (Wildman–Crippen MR) is 107 cm³/mol. The topological polar surface area (TPSA) is 79.2 Å². The molecule has 0 aliphatic carbocycles. The summed E-state index contributed by atoms with van der Waals surface area (Å²) in [5, 5.41) is 9.34. The van der Waals surface area contributed by atoms with E-state index in [1.54, 1.807) is 13.2 Å². The number of benzene rings is 2. The molecule has 2 aromatic rings. The van der Waals surface area contributed by atoms with Gasteiger partial charge >= 0.3 is 5.97 Å². The van der Waals surface area contributed by atoms with Gasteiger partial charge in [-0.25, -0.2) is 4.99 Å². The number of aliphatic imine (C=N–C) groups is 1. The van der Waals surface area contributed by atoms with Crippen LogP contribution < -0.4 is 9.64 Å². The van der Waals surface area contributed by atoms with Crippen molar-refractivity contribution in [1.82, 2.24) is 0 Å². The first-order chi connectivity index (χ1) is 13.1. The standard InChI is InChI=1S/C20H18N2O4S/c1-26-16-9-5-6-14(12-16)13-17-19(25)22(15-7-3-2-4-8-15)20(21-17)27-11-10-18(23)24/h2-9,12-13H,10-11H2,1H3,(H,23,24)/b17-13+. The number of methoxy groups -OCH3 is 1. The van der Waals surface area contributed by atoms with Crippen LogP contribution in [0.4, 0.5) is 5.69 Å². The van der Waals surface area contributed by atoms with Crippen LogP contribution in [0.25, 0.3) is 6.08 Å². The number of carbonyl (C=O) groups is 2. The average Bonchev–Trinajstić information content (AvgIpc) is 2.97. The van der Waals surface area contributed by atoms with Crippen molar-refractivity contribution in [2.75, 3.05) is 17.8 Å². The van der Waals surface area contributed by atoms with Gasteiger partial charge in [0.25, 0.3) is 5.91 Å². The lowest BCUT2D eigenvalue weighted by Gasteiger charge is -2.17. The van der Waals surface area contributed by atoms with Crippen molar-refractivity contribution in [1.29, 1.82) is 0 Å². The molecule has 0 atom stereocenters. The Bertz CT molecular complexity index is 909. The Morgan fingerprint density at radius 2 is 2.00 bits per heavy atom. The Kier molecular flexibility index (Phi) is 5.93. The third kappa shape index (κ3) is 4.57. The summed E-state index contributed by atoms with van der Waals surface area (Å²) < 4.78 is 5.21. The van der Waals surface area contributed by atoms with Crippen LogP contribution in [0.1, 0.15) is 12.0 Å². The molecule has 0 unspecified atom stereocenters. The number of amides is 1. The Morgan fingerprint density at radius 3 is 2.70 bits per heavy atom. The maximum absolute atomic E-state index is 13.0. The Labute approximate surface area is 161 Å². The molecule has 1 aliphatic rings. The van der Waals surface area contributed by atoms with Crippen molar-refractivity contribution in [3.8, 4) is 5.75 Å². The second-order valence-corrected chi connectivity index (χ2v) is 6.73. The number of anilines is 1. The van der Waals surface area contributed by atoms with Gasteiger partial charge in [0.1, 0.15) is 11.4 Å². The van der Waals surface area contributed by atoms with Gasteiger partial charge in [-0.1, -0.05) is 42.1 Å². The first kappa shape index (κ1) is 18.7. The fourth-order valence-corrected chi connectivity index (χ4v) is 3.46. The molecule has 0 aromatic heterocycles. The number of hydrogen-bond donors (Lipinski definition) is 1. The van der Waals surface area contributed by atoms with E-state index in [9.17, 15) is 9.59 Å². The molecule has 0 fully saturated rings. The molecule has 0 radical (unpaired) electrons. The zero-order valence-electron chi connectivity index (χ0n) is 14.7. The minimum atomic E-state index is -0.883. The molecule has 3 rings (SSSR count). The van der Waals surface area contributed by atoms with Gasteiger partial charge in [-0.05, 0) is 35.9 Å². The van der Waals surface area contributed by atoms with E-state index < -0.39 is 5.97 Å². The molecule has 2 aromatic carbocycles. The van der Waals surface area contributed by atoms with E-state index in [1.807, 2.05) is 54.6 Å². The molecule has 1 N–H and O–H groups in total. The average molecular weight is 382 g/mol. The number of carbonyl (C=O) groups excluding carboxylic acids is 1. The minimum Gasteiger partial charge on any atom is -0.497 e. The van der Waals surface area contributed by atoms with Crippen molar-refractivity contribution < 1.29 is 19.4 Å². The highest BCUT2D eigenvalue weighted by Gasteiger charge is 2.31. The van der Waals surface area contributed by atoms with Crippen molar-refractivity contribution >= 4 is 40.6 Å². The highest BCUT2D eigenvalue weighted by Crippen LogP contribution is 2.29. The van der Waals surface area contributed by atoms with Gasteiger partial charge in [-0.15, -0.1) is 0 Å². The van der Waals surface area contributed by atoms with Gasteiger partial charge < -0.3 is 9.84 Å². The lowest BCUT2D eigenvalue weighted by Crippen LogP contribution is -2.30. The maximum Gasteiger partial charge on any atom is 0.304 e. The van der Waals surface area contributed by atoms with Gasteiger partial charge in [0.2, 0.25) is 0 Å². The highest BCUT2D eigenvalue weighted by molar-refractivity contribution is 8.14. The van der Waals surface area contributed by atoms with E-state index in [1.165, 1.54) is 16.7 Å².